The second-order valence-corrected chi connectivity index (χ2v) is 20.3. The van der Waals surface area contributed by atoms with Crippen molar-refractivity contribution in [1.82, 2.24) is 29.2 Å². The monoisotopic (exact) mass is 782 g/mol. The van der Waals surface area contributed by atoms with Crippen LogP contribution in [0.25, 0.3) is 0 Å². The molecule has 284 valence electrons. The van der Waals surface area contributed by atoms with Crippen LogP contribution < -0.4 is 16.2 Å². The number of nitrogens with zero attached hydrogens (tertiary/aromatic N) is 5. The first-order valence-electron chi connectivity index (χ1n) is 16.7. The van der Waals surface area contributed by atoms with Gasteiger partial charge in [-0.25, -0.2) is 21.1 Å². The molecule has 0 spiro atoms. The summed E-state index contributed by atoms with van der Waals surface area (Å²) in [4.78, 5) is 0. The lowest BCUT2D eigenvalue weighted by Crippen LogP contribution is -2.41. The molecule has 1 N–H and O–H groups in total. The number of aromatic nitrogens is 4. The van der Waals surface area contributed by atoms with Crippen molar-refractivity contribution in [1.29, 1.82) is 0 Å². The van der Waals surface area contributed by atoms with Crippen molar-refractivity contribution in [2.75, 3.05) is 38.7 Å². The summed E-state index contributed by atoms with van der Waals surface area (Å²) in [5.41, 5.74) is 0.575. The molecule has 4 aliphatic heterocycles. The summed E-state index contributed by atoms with van der Waals surface area (Å²) in [6.07, 6.45) is 13.7. The average Bonchev–Trinajstić information content (AvgIpc) is 3.74. The number of piperidine rings is 2. The Morgan fingerprint density at radius 3 is 1.34 bits per heavy atom. The molecule has 2 aromatic rings. The molecule has 0 amide bonds. The molecule has 0 bridgehead atoms. The van der Waals surface area contributed by atoms with Crippen molar-refractivity contribution in [3.63, 3.8) is 0 Å². The number of halogens is 2. The number of sulfonamides is 1. The zero-order chi connectivity index (χ0) is 36.6. The number of hydrogen-bond acceptors (Lipinski definition) is 11. The minimum atomic E-state index is -3.19. The van der Waals surface area contributed by atoms with E-state index in [0.29, 0.717) is 19.1 Å². The van der Waals surface area contributed by atoms with E-state index in [1.54, 1.807) is 6.20 Å². The third kappa shape index (κ3) is 10.9. The van der Waals surface area contributed by atoms with E-state index in [-0.39, 0.29) is 48.0 Å². The Hall–Kier alpha value is -1.21. The Morgan fingerprint density at radius 1 is 0.700 bits per heavy atom. The highest BCUT2D eigenvalue weighted by Gasteiger charge is 2.53. The van der Waals surface area contributed by atoms with E-state index in [0.717, 1.165) is 56.0 Å². The van der Waals surface area contributed by atoms with E-state index in [1.165, 1.54) is 10.6 Å². The van der Waals surface area contributed by atoms with Gasteiger partial charge in [-0.3, -0.25) is 9.36 Å². The van der Waals surface area contributed by atoms with Crippen LogP contribution >= 0.6 is 23.1 Å². The van der Waals surface area contributed by atoms with Crippen LogP contribution in [-0.4, -0.2) is 116 Å². The molecule has 0 saturated carbocycles. The average molecular weight is 783 g/mol. The van der Waals surface area contributed by atoms with E-state index >= 15 is 0 Å². The highest BCUT2D eigenvalue weighted by Crippen LogP contribution is 2.37. The third-order valence-electron chi connectivity index (χ3n) is 10.2. The molecule has 50 heavy (non-hydrogen) atoms. The molecule has 0 aromatic carbocycles. The smallest absolute Gasteiger partial charge is 0.399 e. The molecule has 0 atom stereocenters. The summed E-state index contributed by atoms with van der Waals surface area (Å²) in [7, 11) is -2.52. The lowest BCUT2D eigenvalue weighted by atomic mass is 9.82. The summed E-state index contributed by atoms with van der Waals surface area (Å²) in [5.74, 6) is 0. The Morgan fingerprint density at radius 2 is 1.02 bits per heavy atom. The first-order valence-corrected chi connectivity index (χ1v) is 21.3. The van der Waals surface area contributed by atoms with E-state index in [9.17, 15) is 16.8 Å². The summed E-state index contributed by atoms with van der Waals surface area (Å²) in [5, 5.41) is 12.3. The lowest BCUT2D eigenvalue weighted by Gasteiger charge is -2.32. The molecule has 0 unspecified atom stereocenters. The van der Waals surface area contributed by atoms with Crippen molar-refractivity contribution in [2.45, 2.75) is 116 Å². The molecule has 0 radical (unpaired) electrons. The van der Waals surface area contributed by atoms with E-state index < -0.39 is 26.2 Å². The van der Waals surface area contributed by atoms with Crippen LogP contribution in [0.1, 0.15) is 93.2 Å². The molecule has 4 fully saturated rings. The van der Waals surface area contributed by atoms with Gasteiger partial charge in [0, 0.05) is 59.5 Å². The van der Waals surface area contributed by atoms with Crippen molar-refractivity contribution in [3.8, 4) is 0 Å². The van der Waals surface area contributed by atoms with Gasteiger partial charge in [0.25, 0.3) is 0 Å². The van der Waals surface area contributed by atoms with Crippen molar-refractivity contribution >= 4 is 67.3 Å². The summed E-state index contributed by atoms with van der Waals surface area (Å²) >= 11 is 0. The maximum absolute atomic E-state index is 11.6. The van der Waals surface area contributed by atoms with E-state index in [4.69, 9.17) is 18.6 Å². The van der Waals surface area contributed by atoms with Crippen molar-refractivity contribution in [2.24, 2.45) is 0 Å². The predicted octanol–water partition coefficient (Wildman–Crippen LogP) is 2.49. The minimum absolute atomic E-state index is 0. The van der Waals surface area contributed by atoms with E-state index in [2.05, 4.69) is 64.8 Å². The molecule has 14 nitrogen and oxygen atoms in total. The zero-order valence-corrected chi connectivity index (χ0v) is 34.1. The summed E-state index contributed by atoms with van der Waals surface area (Å²) < 4.78 is 71.7. The third-order valence-corrected chi connectivity index (χ3v) is 11.5. The largest absolute Gasteiger partial charge is 0.498 e. The fourth-order valence-corrected chi connectivity index (χ4v) is 6.69. The topological polar surface area (TPSA) is 156 Å². The summed E-state index contributed by atoms with van der Waals surface area (Å²) in [6, 6.07) is 0.701. The highest BCUT2D eigenvalue weighted by molar-refractivity contribution is 8.13. The first-order chi connectivity index (χ1) is 22.4. The quantitative estimate of drug-likeness (QED) is 0.352. The normalized spacial score (nSPS) is 23.7. The van der Waals surface area contributed by atoms with Gasteiger partial charge in [-0.05, 0) is 94.2 Å². The van der Waals surface area contributed by atoms with Gasteiger partial charge in [0.05, 0.1) is 47.0 Å². The van der Waals surface area contributed by atoms with Gasteiger partial charge in [0.1, 0.15) is 0 Å². The maximum atomic E-state index is 11.6. The van der Waals surface area contributed by atoms with Gasteiger partial charge in [-0.1, -0.05) is 0 Å². The van der Waals surface area contributed by atoms with Gasteiger partial charge < -0.3 is 23.9 Å². The van der Waals surface area contributed by atoms with E-state index in [1.807, 2.05) is 44.8 Å². The number of hydrogen-bond donors (Lipinski definition) is 1. The predicted molar refractivity (Wildman–Crippen MR) is 200 cm³/mol. The van der Waals surface area contributed by atoms with Gasteiger partial charge >= 0.3 is 14.2 Å². The molecule has 0 aliphatic carbocycles. The van der Waals surface area contributed by atoms with Crippen LogP contribution in [0.3, 0.4) is 0 Å². The van der Waals surface area contributed by atoms with Gasteiger partial charge in [0.15, 0.2) is 0 Å². The second kappa shape index (κ2) is 16.0. The van der Waals surface area contributed by atoms with Crippen LogP contribution in [0, 0.1) is 0 Å². The molecule has 2 aromatic heterocycles. The molecule has 6 rings (SSSR count). The maximum Gasteiger partial charge on any atom is 0.498 e. The first kappa shape index (κ1) is 43.2. The van der Waals surface area contributed by atoms with Crippen LogP contribution in [0.2, 0.25) is 0 Å². The van der Waals surface area contributed by atoms with Gasteiger partial charge in [-0.15, -0.1) is 12.4 Å². The molecule has 6 heterocycles. The molecule has 4 saturated heterocycles. The van der Waals surface area contributed by atoms with Gasteiger partial charge in [-0.2, -0.15) is 10.2 Å². The fraction of sp³-hybridized carbons (Fsp3) is 0.800. The summed E-state index contributed by atoms with van der Waals surface area (Å²) in [6.45, 7) is 19.6. The number of nitrogens with one attached hydrogen (secondary N) is 1. The zero-order valence-electron chi connectivity index (χ0n) is 30.9. The molecular formula is C30H54B2Cl2N6O8S2. The Bertz CT molecular complexity index is 1600. The van der Waals surface area contributed by atoms with Crippen LogP contribution in [0.15, 0.2) is 24.8 Å². The fourth-order valence-electron chi connectivity index (χ4n) is 5.82. The SMILES string of the molecule is CC1(C)OB(c2cnn(C3CCN(S(C)(=O)=O)CC3)c2)OC1(C)C.CC1(C)OB(c2cnn(C3CCNCC3)c2)OC1(C)C.CS(=O)(=O)Cl.Cl. The molecular weight excluding hydrogens is 729 g/mol. The second-order valence-electron chi connectivity index (χ2n) is 15.2. The van der Waals surface area contributed by atoms with Crippen LogP contribution in [0.5, 0.6) is 0 Å². The Labute approximate surface area is 309 Å². The number of rotatable bonds is 5. The standard InChI is InChI=1S/C15H26BN3O4S.C14H24BN3O2.CH3ClO2S.ClH/c1-14(2)15(3,4)23-16(22-14)12-10-17-19(11-12)13-6-8-18(9-7-13)24(5,20)21;1-13(2)14(3,4)20-15(19-13)11-9-17-18(10-11)12-5-7-16-8-6-12;1-5(2,3)4;/h10-11,13H,6-9H2,1-5H3;9-10,12,16H,5-8H2,1-4H3;1H3;1H. The van der Waals surface area contributed by atoms with Crippen LogP contribution in [-0.2, 0) is 37.7 Å². The molecule has 20 heteroatoms. The molecule has 4 aliphatic rings. The Kier molecular flexibility index (Phi) is 13.8. The van der Waals surface area contributed by atoms with Crippen molar-refractivity contribution in [3.05, 3.63) is 24.8 Å². The Balaban J connectivity index is 0.000000237. The van der Waals surface area contributed by atoms with Crippen LogP contribution in [0.4, 0.5) is 0 Å². The minimum Gasteiger partial charge on any atom is -0.399 e. The van der Waals surface area contributed by atoms with Crippen molar-refractivity contribution < 1.29 is 35.5 Å². The lowest BCUT2D eigenvalue weighted by molar-refractivity contribution is 0.00578. The van der Waals surface area contributed by atoms with Gasteiger partial charge in [0.2, 0.25) is 19.1 Å². The highest BCUT2D eigenvalue weighted by atomic mass is 35.7.